The molecule has 0 radical (unpaired) electrons. The van der Waals surface area contributed by atoms with E-state index in [1.54, 1.807) is 77.0 Å². The van der Waals surface area contributed by atoms with Gasteiger partial charge in [0.2, 0.25) is 0 Å². The minimum Gasteiger partial charge on any atom is -0.0620 e. The molecule has 0 bridgehead atoms. The number of rotatable bonds is 0. The first-order valence-corrected chi connectivity index (χ1v) is 10.8. The van der Waals surface area contributed by atoms with Crippen LogP contribution in [-0.4, -0.2) is 0 Å². The van der Waals surface area contributed by atoms with Crippen LogP contribution in [0.4, 0.5) is 0 Å². The van der Waals surface area contributed by atoms with E-state index in [0.29, 0.717) is 0 Å². The van der Waals surface area contributed by atoms with Gasteiger partial charge in [-0.25, -0.2) is 0 Å². The van der Waals surface area contributed by atoms with Crippen LogP contribution >= 0.6 is 0 Å². The van der Waals surface area contributed by atoms with Gasteiger partial charge < -0.3 is 0 Å². The topological polar surface area (TPSA) is 0 Å². The van der Waals surface area contributed by atoms with Crippen LogP contribution in [0.25, 0.3) is 0 Å². The summed E-state index contributed by atoms with van der Waals surface area (Å²) in [6, 6.07) is 0. The Bertz CT molecular complexity index is 374. The van der Waals surface area contributed by atoms with Gasteiger partial charge in [-0.1, -0.05) is 58.3 Å². The largest absolute Gasteiger partial charge is 0.0620 e. The Balaban J connectivity index is 1.38. The fourth-order valence-corrected chi connectivity index (χ4v) is 8.42. The molecule has 0 nitrogen and oxygen atoms in total. The number of hydrogen-bond donors (Lipinski definition) is 0. The summed E-state index contributed by atoms with van der Waals surface area (Å²) in [6.45, 7) is 2.68. The minimum absolute atomic E-state index is 1.07. The van der Waals surface area contributed by atoms with Gasteiger partial charge in [0.15, 0.2) is 0 Å². The monoisotopic (exact) mass is 300 g/mol. The van der Waals surface area contributed by atoms with Gasteiger partial charge in [0.05, 0.1) is 0 Å². The SMILES string of the molecule is CC1C2CC3CCCCC3CC2C2CC3CCCCC3CC12. The molecule has 0 N–H and O–H groups in total. The van der Waals surface area contributed by atoms with E-state index in [4.69, 9.17) is 0 Å². The van der Waals surface area contributed by atoms with E-state index in [-0.39, 0.29) is 0 Å². The average molecular weight is 301 g/mol. The molecule has 0 heteroatoms. The fourth-order valence-electron chi connectivity index (χ4n) is 8.42. The average Bonchev–Trinajstić information content (AvgIpc) is 2.83. The van der Waals surface area contributed by atoms with Crippen LogP contribution in [0.15, 0.2) is 0 Å². The molecule has 5 aliphatic rings. The van der Waals surface area contributed by atoms with Crippen LogP contribution in [0.2, 0.25) is 0 Å². The van der Waals surface area contributed by atoms with Crippen LogP contribution in [-0.2, 0) is 0 Å². The summed E-state index contributed by atoms with van der Waals surface area (Å²) in [5, 5.41) is 0. The summed E-state index contributed by atoms with van der Waals surface area (Å²) in [5.41, 5.74) is 0. The quantitative estimate of drug-likeness (QED) is 0.492. The second-order valence-corrected chi connectivity index (χ2v) is 10.1. The maximum atomic E-state index is 2.68. The van der Waals surface area contributed by atoms with Gasteiger partial charge in [0, 0.05) is 0 Å². The lowest BCUT2D eigenvalue weighted by Crippen LogP contribution is -2.37. The summed E-state index contributed by atoms with van der Waals surface area (Å²) in [5.74, 6) is 10.2. The highest BCUT2D eigenvalue weighted by Crippen LogP contribution is 2.63. The van der Waals surface area contributed by atoms with Crippen molar-refractivity contribution in [3.8, 4) is 0 Å². The summed E-state index contributed by atoms with van der Waals surface area (Å²) >= 11 is 0. The molecule has 0 aliphatic heterocycles. The summed E-state index contributed by atoms with van der Waals surface area (Å²) in [7, 11) is 0. The Hall–Kier alpha value is 0. The van der Waals surface area contributed by atoms with E-state index in [1.165, 1.54) is 0 Å². The highest BCUT2D eigenvalue weighted by molar-refractivity contribution is 5.04. The van der Waals surface area contributed by atoms with E-state index in [2.05, 4.69) is 6.92 Å². The first-order chi connectivity index (χ1) is 10.8. The van der Waals surface area contributed by atoms with Gasteiger partial charge in [0.25, 0.3) is 0 Å². The van der Waals surface area contributed by atoms with Gasteiger partial charge >= 0.3 is 0 Å². The van der Waals surface area contributed by atoms with E-state index in [9.17, 15) is 0 Å². The third-order valence-corrected chi connectivity index (χ3v) is 9.43. The lowest BCUT2D eigenvalue weighted by Gasteiger charge is -2.46. The molecule has 5 fully saturated rings. The predicted octanol–water partition coefficient (Wildman–Crippen LogP) is 6.30. The van der Waals surface area contributed by atoms with Crippen molar-refractivity contribution in [3.05, 3.63) is 0 Å². The lowest BCUT2D eigenvalue weighted by molar-refractivity contribution is 0.0401. The molecule has 0 aromatic carbocycles. The zero-order valence-corrected chi connectivity index (χ0v) is 14.7. The zero-order valence-electron chi connectivity index (χ0n) is 14.7. The van der Waals surface area contributed by atoms with Gasteiger partial charge in [-0.2, -0.15) is 0 Å². The van der Waals surface area contributed by atoms with Crippen molar-refractivity contribution in [1.29, 1.82) is 0 Å². The van der Waals surface area contributed by atoms with Crippen molar-refractivity contribution >= 4 is 0 Å². The Morgan fingerprint density at radius 3 is 1.14 bits per heavy atom. The maximum absolute atomic E-state index is 2.68. The highest BCUT2D eigenvalue weighted by Gasteiger charge is 2.55. The predicted molar refractivity (Wildman–Crippen MR) is 92.5 cm³/mol. The van der Waals surface area contributed by atoms with Gasteiger partial charge in [0.1, 0.15) is 0 Å². The third kappa shape index (κ3) is 2.15. The van der Waals surface area contributed by atoms with E-state index in [1.807, 2.05) is 0 Å². The van der Waals surface area contributed by atoms with Crippen molar-refractivity contribution in [2.75, 3.05) is 0 Å². The molecule has 22 heavy (non-hydrogen) atoms. The van der Waals surface area contributed by atoms with Crippen LogP contribution in [0.1, 0.15) is 84.0 Å². The van der Waals surface area contributed by atoms with Gasteiger partial charge in [-0.3, -0.25) is 0 Å². The van der Waals surface area contributed by atoms with E-state index >= 15 is 0 Å². The van der Waals surface area contributed by atoms with Gasteiger partial charge in [-0.15, -0.1) is 0 Å². The first kappa shape index (κ1) is 14.4. The zero-order chi connectivity index (χ0) is 14.7. The molecular weight excluding hydrogens is 264 g/mol. The number of fused-ring (bicyclic) bond motifs is 5. The smallest absolute Gasteiger partial charge is 0.0349 e. The van der Waals surface area contributed by atoms with Crippen LogP contribution in [0, 0.1) is 53.3 Å². The van der Waals surface area contributed by atoms with Crippen LogP contribution in [0.3, 0.4) is 0 Å². The molecule has 5 saturated carbocycles. The molecule has 124 valence electrons. The Morgan fingerprint density at radius 1 is 0.455 bits per heavy atom. The molecule has 0 spiro atoms. The molecule has 0 saturated heterocycles. The summed E-state index contributed by atoms with van der Waals surface area (Å²) < 4.78 is 0. The van der Waals surface area contributed by atoms with Gasteiger partial charge in [-0.05, 0) is 78.9 Å². The molecule has 5 rings (SSSR count). The molecule has 0 heterocycles. The molecule has 8 unspecified atom stereocenters. The maximum Gasteiger partial charge on any atom is -0.0349 e. The third-order valence-electron chi connectivity index (χ3n) is 9.43. The van der Waals surface area contributed by atoms with E-state index in [0.717, 1.165) is 53.3 Å². The van der Waals surface area contributed by atoms with Crippen molar-refractivity contribution in [2.24, 2.45) is 53.3 Å². The molecule has 0 aromatic rings. The molecule has 0 aromatic heterocycles. The summed E-state index contributed by atoms with van der Waals surface area (Å²) in [4.78, 5) is 0. The van der Waals surface area contributed by atoms with Crippen molar-refractivity contribution < 1.29 is 0 Å². The fraction of sp³-hybridized carbons (Fsp3) is 1.00. The lowest BCUT2D eigenvalue weighted by atomic mass is 9.59. The van der Waals surface area contributed by atoms with Crippen LogP contribution < -0.4 is 0 Å². The van der Waals surface area contributed by atoms with Crippen molar-refractivity contribution in [3.63, 3.8) is 0 Å². The highest BCUT2D eigenvalue weighted by atomic mass is 14.6. The van der Waals surface area contributed by atoms with Crippen molar-refractivity contribution in [2.45, 2.75) is 84.0 Å². The second kappa shape index (κ2) is 5.52. The van der Waals surface area contributed by atoms with E-state index < -0.39 is 0 Å². The molecule has 0 amide bonds. The minimum atomic E-state index is 1.07. The Kier molecular flexibility index (Phi) is 3.60. The van der Waals surface area contributed by atoms with Crippen LogP contribution in [0.5, 0.6) is 0 Å². The molecular formula is C22H36. The van der Waals surface area contributed by atoms with Crippen molar-refractivity contribution in [1.82, 2.24) is 0 Å². The number of hydrogen-bond acceptors (Lipinski definition) is 0. The molecule has 5 aliphatic carbocycles. The Morgan fingerprint density at radius 2 is 0.773 bits per heavy atom. The normalized spacial score (nSPS) is 57.4. The standard InChI is InChI=1S/C22H36/c1-14-19-10-15-6-2-4-8-17(15)12-21(19)22-13-18-9-5-3-7-16(18)11-20(14)22/h14-22H,2-13H2,1H3. The second-order valence-electron chi connectivity index (χ2n) is 10.1. The first-order valence-electron chi connectivity index (χ1n) is 10.8. The Labute approximate surface area is 137 Å². The molecule has 8 atom stereocenters. The summed E-state index contributed by atoms with van der Waals surface area (Å²) in [6.07, 6.45) is 19.1.